The fourth-order valence-corrected chi connectivity index (χ4v) is 4.35. The molecule has 142 valence electrons. The van der Waals surface area contributed by atoms with E-state index in [1.807, 2.05) is 60.0 Å². The van der Waals surface area contributed by atoms with Gasteiger partial charge in [-0.15, -0.1) is 0 Å². The number of nitrogens with two attached hydrogens (primary N) is 1. The Hall–Kier alpha value is -2.51. The van der Waals surface area contributed by atoms with Crippen molar-refractivity contribution in [2.24, 2.45) is 5.84 Å². The molecular weight excluding hydrogens is 360 g/mol. The van der Waals surface area contributed by atoms with Gasteiger partial charge in [0.1, 0.15) is 0 Å². The van der Waals surface area contributed by atoms with Crippen molar-refractivity contribution >= 4 is 29.4 Å². The standard InChI is InChI=1S/C20H24N4O2S/c1-14-3-2-4-17(11-14)22-20(26)24-9-10-27-18(13-24)12-15-5-7-16(8-6-15)19(25)23-21/h2-8,11,18H,9-10,12-13,21H2,1H3,(H,22,26)(H,23,25). The zero-order valence-electron chi connectivity index (χ0n) is 15.3. The number of nitrogens with zero attached hydrogens (tertiary/aromatic N) is 1. The predicted molar refractivity (Wildman–Crippen MR) is 110 cm³/mol. The molecule has 1 unspecified atom stereocenters. The van der Waals surface area contributed by atoms with Gasteiger partial charge in [0.15, 0.2) is 0 Å². The van der Waals surface area contributed by atoms with E-state index in [4.69, 9.17) is 5.84 Å². The van der Waals surface area contributed by atoms with Crippen LogP contribution in [0.15, 0.2) is 48.5 Å². The summed E-state index contributed by atoms with van der Waals surface area (Å²) in [7, 11) is 0. The van der Waals surface area contributed by atoms with E-state index < -0.39 is 0 Å². The van der Waals surface area contributed by atoms with E-state index in [0.717, 1.165) is 35.5 Å². The summed E-state index contributed by atoms with van der Waals surface area (Å²) < 4.78 is 0. The molecule has 0 bridgehead atoms. The summed E-state index contributed by atoms with van der Waals surface area (Å²) in [5, 5.41) is 3.31. The molecule has 2 aromatic carbocycles. The highest BCUT2D eigenvalue weighted by atomic mass is 32.2. The molecule has 1 aliphatic rings. The number of anilines is 1. The molecule has 7 heteroatoms. The molecule has 3 amide bonds. The average Bonchev–Trinajstić information content (AvgIpc) is 2.68. The van der Waals surface area contributed by atoms with Crippen molar-refractivity contribution in [2.75, 3.05) is 24.2 Å². The topological polar surface area (TPSA) is 87.5 Å². The zero-order chi connectivity index (χ0) is 19.2. The van der Waals surface area contributed by atoms with E-state index in [1.165, 1.54) is 0 Å². The monoisotopic (exact) mass is 384 g/mol. The fraction of sp³-hybridized carbons (Fsp3) is 0.300. The van der Waals surface area contributed by atoms with Crippen LogP contribution in [-0.4, -0.2) is 40.9 Å². The summed E-state index contributed by atoms with van der Waals surface area (Å²) in [6, 6.07) is 15.2. The van der Waals surface area contributed by atoms with Crippen molar-refractivity contribution in [3.63, 3.8) is 0 Å². The van der Waals surface area contributed by atoms with Crippen LogP contribution in [0.1, 0.15) is 21.5 Å². The second kappa shape index (κ2) is 8.92. The molecule has 4 N–H and O–H groups in total. The number of hydrogen-bond acceptors (Lipinski definition) is 4. The Labute approximate surface area is 163 Å². The molecule has 0 aliphatic carbocycles. The highest BCUT2D eigenvalue weighted by Gasteiger charge is 2.24. The number of nitrogens with one attached hydrogen (secondary N) is 2. The van der Waals surface area contributed by atoms with Gasteiger partial charge in [0, 0.05) is 35.3 Å². The predicted octanol–water partition coefficient (Wildman–Crippen LogP) is 2.79. The molecule has 3 rings (SSSR count). The maximum atomic E-state index is 12.6. The highest BCUT2D eigenvalue weighted by Crippen LogP contribution is 2.23. The normalized spacial score (nSPS) is 16.7. The lowest BCUT2D eigenvalue weighted by molar-refractivity contribution is 0.0953. The van der Waals surface area contributed by atoms with Gasteiger partial charge in [0.05, 0.1) is 0 Å². The number of nitrogen functional groups attached to an aromatic ring is 1. The summed E-state index contributed by atoms with van der Waals surface area (Å²) in [6.45, 7) is 3.45. The molecule has 27 heavy (non-hydrogen) atoms. The number of hydrazine groups is 1. The number of hydrogen-bond donors (Lipinski definition) is 3. The number of carbonyl (C=O) groups is 2. The van der Waals surface area contributed by atoms with Crippen LogP contribution < -0.4 is 16.6 Å². The van der Waals surface area contributed by atoms with Gasteiger partial charge >= 0.3 is 6.03 Å². The first kappa shape index (κ1) is 19.3. The summed E-state index contributed by atoms with van der Waals surface area (Å²) in [6.07, 6.45) is 0.851. The quantitative estimate of drug-likeness (QED) is 0.430. The summed E-state index contributed by atoms with van der Waals surface area (Å²) in [4.78, 5) is 26.0. The number of amides is 3. The number of carbonyl (C=O) groups excluding carboxylic acids is 2. The minimum absolute atomic E-state index is 0.0548. The number of urea groups is 1. The number of benzene rings is 2. The summed E-state index contributed by atoms with van der Waals surface area (Å²) >= 11 is 1.88. The molecular formula is C20H24N4O2S. The average molecular weight is 385 g/mol. The van der Waals surface area contributed by atoms with E-state index in [1.54, 1.807) is 12.1 Å². The Morgan fingerprint density at radius 3 is 2.70 bits per heavy atom. The highest BCUT2D eigenvalue weighted by molar-refractivity contribution is 8.00. The third-order valence-corrected chi connectivity index (χ3v) is 5.71. The lowest BCUT2D eigenvalue weighted by Crippen LogP contribution is -2.44. The van der Waals surface area contributed by atoms with E-state index in [-0.39, 0.29) is 11.9 Å². The van der Waals surface area contributed by atoms with Crippen LogP contribution in [0, 0.1) is 6.92 Å². The maximum Gasteiger partial charge on any atom is 0.321 e. The molecule has 0 saturated carbocycles. The second-order valence-corrected chi connectivity index (χ2v) is 8.02. The molecule has 1 fully saturated rings. The Bertz CT molecular complexity index is 810. The van der Waals surface area contributed by atoms with Gasteiger partial charge in [0.2, 0.25) is 0 Å². The molecule has 1 aliphatic heterocycles. The maximum absolute atomic E-state index is 12.6. The van der Waals surface area contributed by atoms with Crippen LogP contribution >= 0.6 is 11.8 Å². The van der Waals surface area contributed by atoms with E-state index in [2.05, 4.69) is 10.7 Å². The molecule has 6 nitrogen and oxygen atoms in total. The van der Waals surface area contributed by atoms with E-state index in [0.29, 0.717) is 17.4 Å². The lowest BCUT2D eigenvalue weighted by Gasteiger charge is -2.32. The minimum atomic E-state index is -0.299. The fourth-order valence-electron chi connectivity index (χ4n) is 3.09. The van der Waals surface area contributed by atoms with Crippen LogP contribution in [0.25, 0.3) is 0 Å². The van der Waals surface area contributed by atoms with Gasteiger partial charge in [-0.05, 0) is 48.7 Å². The molecule has 0 aromatic heterocycles. The first-order valence-electron chi connectivity index (χ1n) is 8.89. The van der Waals surface area contributed by atoms with Crippen molar-refractivity contribution in [1.29, 1.82) is 0 Å². The first-order valence-corrected chi connectivity index (χ1v) is 9.94. The van der Waals surface area contributed by atoms with Gasteiger partial charge in [-0.3, -0.25) is 10.2 Å². The van der Waals surface area contributed by atoms with Crippen LogP contribution in [-0.2, 0) is 6.42 Å². The molecule has 1 heterocycles. The lowest BCUT2D eigenvalue weighted by atomic mass is 10.1. The smallest absolute Gasteiger partial charge is 0.321 e. The molecule has 0 radical (unpaired) electrons. The molecule has 1 atom stereocenters. The van der Waals surface area contributed by atoms with Gasteiger partial charge in [-0.2, -0.15) is 11.8 Å². The summed E-state index contributed by atoms with van der Waals surface area (Å²) in [5.41, 5.74) is 5.75. The largest absolute Gasteiger partial charge is 0.323 e. The van der Waals surface area contributed by atoms with E-state index >= 15 is 0 Å². The molecule has 0 spiro atoms. The number of thioether (sulfide) groups is 1. The van der Waals surface area contributed by atoms with Crippen molar-refractivity contribution < 1.29 is 9.59 Å². The SMILES string of the molecule is Cc1cccc(NC(=O)N2CCSC(Cc3ccc(C(=O)NN)cc3)C2)c1. The third-order valence-electron chi connectivity index (χ3n) is 4.51. The van der Waals surface area contributed by atoms with Crippen LogP contribution in [0.5, 0.6) is 0 Å². The minimum Gasteiger partial charge on any atom is -0.323 e. The number of aryl methyl sites for hydroxylation is 1. The van der Waals surface area contributed by atoms with Crippen molar-refractivity contribution in [3.05, 3.63) is 65.2 Å². The van der Waals surface area contributed by atoms with Crippen LogP contribution in [0.2, 0.25) is 0 Å². The van der Waals surface area contributed by atoms with Crippen LogP contribution in [0.4, 0.5) is 10.5 Å². The molecule has 2 aromatic rings. The second-order valence-electron chi connectivity index (χ2n) is 6.61. The van der Waals surface area contributed by atoms with Gasteiger partial charge in [0.25, 0.3) is 5.91 Å². The van der Waals surface area contributed by atoms with Crippen LogP contribution in [0.3, 0.4) is 0 Å². The van der Waals surface area contributed by atoms with E-state index in [9.17, 15) is 9.59 Å². The molecule has 1 saturated heterocycles. The number of rotatable bonds is 4. The Morgan fingerprint density at radius 2 is 2.00 bits per heavy atom. The van der Waals surface area contributed by atoms with Crippen molar-refractivity contribution in [2.45, 2.75) is 18.6 Å². The Kier molecular flexibility index (Phi) is 6.36. The van der Waals surface area contributed by atoms with Gasteiger partial charge in [-0.1, -0.05) is 24.3 Å². The van der Waals surface area contributed by atoms with Crippen molar-refractivity contribution in [3.8, 4) is 0 Å². The van der Waals surface area contributed by atoms with Gasteiger partial charge < -0.3 is 10.2 Å². The Morgan fingerprint density at radius 1 is 1.22 bits per heavy atom. The summed E-state index contributed by atoms with van der Waals surface area (Å²) in [5.74, 6) is 5.77. The zero-order valence-corrected chi connectivity index (χ0v) is 16.1. The first-order chi connectivity index (χ1) is 13.0. The van der Waals surface area contributed by atoms with Crippen molar-refractivity contribution in [1.82, 2.24) is 10.3 Å². The third kappa shape index (κ3) is 5.24. The Balaban J connectivity index is 1.57. The van der Waals surface area contributed by atoms with Gasteiger partial charge in [-0.25, -0.2) is 10.6 Å².